The topological polar surface area (TPSA) is 189 Å². The molecule has 1 fully saturated rings. The maximum atomic E-state index is 11.1. The molecule has 0 amide bonds. The molecule has 1 aliphatic rings. The van der Waals surface area contributed by atoms with E-state index in [1.807, 2.05) is 0 Å². The van der Waals surface area contributed by atoms with Crippen molar-refractivity contribution in [2.45, 2.75) is 24.5 Å². The first-order valence-electron chi connectivity index (χ1n) is 5.72. The Morgan fingerprint density at radius 3 is 2.59 bits per heavy atom. The van der Waals surface area contributed by atoms with Crippen LogP contribution in [0.4, 0.5) is 0 Å². The van der Waals surface area contributed by atoms with Gasteiger partial charge in [0.15, 0.2) is 11.0 Å². The molecule has 1 aromatic rings. The number of rotatable bonds is 4. The Labute approximate surface area is 129 Å². The molecule has 13 heteroatoms. The first-order chi connectivity index (χ1) is 9.69. The summed E-state index contributed by atoms with van der Waals surface area (Å²) >= 11 is 4.91. The maximum absolute atomic E-state index is 11.1. The summed E-state index contributed by atoms with van der Waals surface area (Å²) in [6, 6.07) is 1.15. The third-order valence-corrected chi connectivity index (χ3v) is 3.67. The van der Waals surface area contributed by atoms with E-state index in [0.717, 1.165) is 6.07 Å². The van der Waals surface area contributed by atoms with Crippen molar-refractivity contribution in [2.24, 2.45) is 0 Å². The van der Waals surface area contributed by atoms with Crippen molar-refractivity contribution < 1.29 is 33.8 Å². The summed E-state index contributed by atoms with van der Waals surface area (Å²) in [4.78, 5) is 30.6. The molecule has 0 spiro atoms. The molecule has 1 aromatic heterocycles. The molecule has 4 atom stereocenters. The molecule has 22 heavy (non-hydrogen) atoms. The summed E-state index contributed by atoms with van der Waals surface area (Å²) in [7, 11) is -4.72. The number of phosphoric ester groups is 1. The van der Waals surface area contributed by atoms with E-state index < -0.39 is 44.5 Å². The van der Waals surface area contributed by atoms with Crippen molar-refractivity contribution in [1.82, 2.24) is 15.7 Å². The van der Waals surface area contributed by atoms with Gasteiger partial charge in [-0.15, -0.1) is 0 Å². The van der Waals surface area contributed by atoms with Crippen molar-refractivity contribution in [3.63, 3.8) is 0 Å². The monoisotopic (exact) mass is 357 g/mol. The lowest BCUT2D eigenvalue weighted by molar-refractivity contribution is -0.0534. The van der Waals surface area contributed by atoms with Gasteiger partial charge in [0.1, 0.15) is 18.3 Å². The van der Waals surface area contributed by atoms with E-state index in [4.69, 9.17) is 26.7 Å². The summed E-state index contributed by atoms with van der Waals surface area (Å²) < 4.78 is 21.3. The van der Waals surface area contributed by atoms with E-state index in [2.05, 4.69) is 9.51 Å². The van der Waals surface area contributed by atoms with Gasteiger partial charge in [0.25, 0.3) is 5.56 Å². The van der Waals surface area contributed by atoms with Crippen LogP contribution < -0.4 is 11.7 Å². The largest absolute Gasteiger partial charge is 0.469 e. The van der Waals surface area contributed by atoms with Gasteiger partial charge in [-0.2, -0.15) is 0 Å². The van der Waals surface area contributed by atoms with Crippen LogP contribution in [0.5, 0.6) is 0 Å². The number of phosphoric acid groups is 1. The third-order valence-electron chi connectivity index (χ3n) is 2.87. The SMILES string of the molecule is N.O=c1ccn([C@@H]2O[C@H](COP(=O)(O)O)[C@@H](O)[C@H]2O)c(=S)[nH]1. The molecule has 0 aliphatic carbocycles. The Morgan fingerprint density at radius 1 is 1.41 bits per heavy atom. The summed E-state index contributed by atoms with van der Waals surface area (Å²) in [6.45, 7) is -0.615. The number of aromatic nitrogens is 2. The van der Waals surface area contributed by atoms with Gasteiger partial charge in [-0.25, -0.2) is 4.57 Å². The van der Waals surface area contributed by atoms with Crippen LogP contribution in [0.1, 0.15) is 6.23 Å². The van der Waals surface area contributed by atoms with Crippen LogP contribution in [-0.2, 0) is 13.8 Å². The molecule has 2 rings (SSSR count). The van der Waals surface area contributed by atoms with Gasteiger partial charge in [-0.3, -0.25) is 18.9 Å². The minimum atomic E-state index is -4.72. The Hall–Kier alpha value is -0.950. The van der Waals surface area contributed by atoms with Crippen LogP contribution in [0.3, 0.4) is 0 Å². The fourth-order valence-electron chi connectivity index (χ4n) is 1.89. The van der Waals surface area contributed by atoms with E-state index in [1.54, 1.807) is 0 Å². The summed E-state index contributed by atoms with van der Waals surface area (Å²) in [5.41, 5.74) is -0.439. The van der Waals surface area contributed by atoms with Gasteiger partial charge >= 0.3 is 7.82 Å². The number of aromatic amines is 1. The molecule has 11 nitrogen and oxygen atoms in total. The van der Waals surface area contributed by atoms with Crippen molar-refractivity contribution in [1.29, 1.82) is 0 Å². The van der Waals surface area contributed by atoms with Gasteiger partial charge in [0.05, 0.1) is 6.61 Å². The van der Waals surface area contributed by atoms with Gasteiger partial charge in [0, 0.05) is 12.3 Å². The van der Waals surface area contributed by atoms with Crippen LogP contribution in [0.25, 0.3) is 0 Å². The molecule has 1 saturated heterocycles. The number of aliphatic hydroxyl groups excluding tert-OH is 2. The Kier molecular flexibility index (Phi) is 6.15. The second-order valence-electron chi connectivity index (χ2n) is 4.35. The number of hydrogen-bond donors (Lipinski definition) is 6. The molecule has 0 saturated carbocycles. The predicted molar refractivity (Wildman–Crippen MR) is 74.8 cm³/mol. The Morgan fingerprint density at radius 2 is 2.05 bits per heavy atom. The van der Waals surface area contributed by atoms with Crippen molar-refractivity contribution >= 4 is 20.0 Å². The second kappa shape index (κ2) is 7.08. The maximum Gasteiger partial charge on any atom is 0.469 e. The van der Waals surface area contributed by atoms with Crippen LogP contribution in [0.15, 0.2) is 17.1 Å². The zero-order chi connectivity index (χ0) is 15.8. The number of hydrogen-bond acceptors (Lipinski definition) is 8. The summed E-state index contributed by atoms with van der Waals surface area (Å²) in [6.07, 6.45) is -3.85. The minimum Gasteiger partial charge on any atom is -0.387 e. The standard InChI is InChI=1S/C9H13N2O8PS.H3N/c12-5-1-2-11(9(21)10-5)8-7(14)6(13)4(19-8)3-18-20(15,16)17;/h1-2,4,6-8,13-14H,3H2,(H,10,12,21)(H2,15,16,17);1H3/t4-,6-,7-,8-;/m1./s1. The molecule has 2 heterocycles. The fraction of sp³-hybridized carbons (Fsp3) is 0.556. The van der Waals surface area contributed by atoms with Gasteiger partial charge < -0.3 is 30.9 Å². The zero-order valence-corrected chi connectivity index (χ0v) is 12.8. The minimum absolute atomic E-state index is 0. The van der Waals surface area contributed by atoms with Crippen molar-refractivity contribution in [2.75, 3.05) is 6.61 Å². The van der Waals surface area contributed by atoms with E-state index >= 15 is 0 Å². The average molecular weight is 357 g/mol. The molecular weight excluding hydrogens is 341 g/mol. The lowest BCUT2D eigenvalue weighted by Gasteiger charge is -2.17. The first-order valence-corrected chi connectivity index (χ1v) is 7.66. The number of nitrogens with zero attached hydrogens (tertiary/aromatic N) is 1. The predicted octanol–water partition coefficient (Wildman–Crippen LogP) is -1.20. The lowest BCUT2D eigenvalue weighted by atomic mass is 10.1. The highest BCUT2D eigenvalue weighted by atomic mass is 32.1. The van der Waals surface area contributed by atoms with Gasteiger partial charge in [-0.05, 0) is 12.2 Å². The summed E-state index contributed by atoms with van der Waals surface area (Å²) in [5, 5.41) is 19.7. The first kappa shape index (κ1) is 19.1. The molecule has 126 valence electrons. The van der Waals surface area contributed by atoms with Gasteiger partial charge in [0.2, 0.25) is 0 Å². The smallest absolute Gasteiger partial charge is 0.387 e. The highest BCUT2D eigenvalue weighted by molar-refractivity contribution is 7.71. The molecule has 0 radical (unpaired) electrons. The highest BCUT2D eigenvalue weighted by Crippen LogP contribution is 2.38. The van der Waals surface area contributed by atoms with Crippen LogP contribution in [-0.4, -0.2) is 54.5 Å². The Bertz CT molecular complexity index is 671. The van der Waals surface area contributed by atoms with E-state index in [1.165, 1.54) is 10.8 Å². The van der Waals surface area contributed by atoms with Crippen molar-refractivity contribution in [3.05, 3.63) is 27.4 Å². The number of H-pyrrole nitrogens is 1. The normalized spacial score (nSPS) is 28.4. The highest BCUT2D eigenvalue weighted by Gasteiger charge is 2.44. The second-order valence-corrected chi connectivity index (χ2v) is 5.98. The number of ether oxygens (including phenoxy) is 1. The molecule has 0 aromatic carbocycles. The van der Waals surface area contributed by atoms with Crippen LogP contribution in [0, 0.1) is 4.77 Å². The van der Waals surface area contributed by atoms with Crippen molar-refractivity contribution in [3.8, 4) is 0 Å². The van der Waals surface area contributed by atoms with Crippen LogP contribution in [0.2, 0.25) is 0 Å². The van der Waals surface area contributed by atoms with E-state index in [-0.39, 0.29) is 10.9 Å². The zero-order valence-electron chi connectivity index (χ0n) is 11.1. The fourth-order valence-corrected chi connectivity index (χ4v) is 2.50. The van der Waals surface area contributed by atoms with Gasteiger partial charge in [-0.1, -0.05) is 0 Å². The molecule has 0 unspecified atom stereocenters. The van der Waals surface area contributed by atoms with E-state index in [0.29, 0.717) is 0 Å². The number of aliphatic hydroxyl groups is 2. The van der Waals surface area contributed by atoms with Crippen LogP contribution >= 0.6 is 20.0 Å². The Balaban J connectivity index is 0.00000242. The van der Waals surface area contributed by atoms with E-state index in [9.17, 15) is 19.6 Å². The third kappa shape index (κ3) is 4.29. The quantitative estimate of drug-likeness (QED) is 0.282. The molecule has 0 bridgehead atoms. The molecule has 1 aliphatic heterocycles. The molecular formula is C9H16N3O8PS. The average Bonchev–Trinajstić information content (AvgIpc) is 2.64. The lowest BCUT2D eigenvalue weighted by Crippen LogP contribution is -2.33. The number of nitrogens with one attached hydrogen (secondary N) is 1. The molecule has 8 N–H and O–H groups in total. The summed E-state index contributed by atoms with van der Waals surface area (Å²) in [5.74, 6) is 0.